The molecule has 0 radical (unpaired) electrons. The number of hydrogen-bond donors (Lipinski definition) is 1. The quantitative estimate of drug-likeness (QED) is 0.701. The number of halogens is 3. The van der Waals surface area contributed by atoms with Crippen LogP contribution in [0.15, 0.2) is 48.5 Å². The molecule has 0 aliphatic heterocycles. The summed E-state index contributed by atoms with van der Waals surface area (Å²) < 4.78 is 43.0. The van der Waals surface area contributed by atoms with Gasteiger partial charge >= 0.3 is 6.18 Å². The highest BCUT2D eigenvalue weighted by atomic mass is 19.4. The highest BCUT2D eigenvalue weighted by molar-refractivity contribution is 5.91. The molecule has 142 valence electrons. The Labute approximate surface area is 153 Å². The van der Waals surface area contributed by atoms with Gasteiger partial charge in [-0.2, -0.15) is 13.2 Å². The third-order valence-electron chi connectivity index (χ3n) is 3.89. The van der Waals surface area contributed by atoms with Crippen LogP contribution in [0.5, 0.6) is 5.75 Å². The smallest absolute Gasteiger partial charge is 0.422 e. The Bertz CT molecular complexity index is 934. The third kappa shape index (κ3) is 4.78. The zero-order valence-corrected chi connectivity index (χ0v) is 14.6. The maximum Gasteiger partial charge on any atom is 0.422 e. The molecule has 1 heterocycles. The van der Waals surface area contributed by atoms with E-state index in [1.54, 1.807) is 0 Å². The van der Waals surface area contributed by atoms with Crippen LogP contribution in [0.1, 0.15) is 12.7 Å². The first-order chi connectivity index (χ1) is 12.9. The molecule has 0 aliphatic rings. The van der Waals surface area contributed by atoms with Crippen LogP contribution in [0.3, 0.4) is 0 Å². The fourth-order valence-corrected chi connectivity index (χ4v) is 2.72. The van der Waals surface area contributed by atoms with Gasteiger partial charge in [0, 0.05) is 12.1 Å². The van der Waals surface area contributed by atoms with E-state index in [-0.39, 0.29) is 18.2 Å². The van der Waals surface area contributed by atoms with Crippen molar-refractivity contribution in [3.05, 3.63) is 54.4 Å². The van der Waals surface area contributed by atoms with Gasteiger partial charge in [0.25, 0.3) is 0 Å². The molecule has 2 aromatic carbocycles. The lowest BCUT2D eigenvalue weighted by molar-refractivity contribution is -0.153. The van der Waals surface area contributed by atoms with Crippen LogP contribution >= 0.6 is 0 Å². The first-order valence-electron chi connectivity index (χ1n) is 8.39. The molecule has 0 unspecified atom stereocenters. The number of nitrogens with zero attached hydrogens (tertiary/aromatic N) is 2. The second-order valence-electron chi connectivity index (χ2n) is 5.93. The fraction of sp³-hybridized carbons (Fsp3) is 0.263. The van der Waals surface area contributed by atoms with Crippen LogP contribution in [0.25, 0.3) is 11.0 Å². The Morgan fingerprint density at radius 1 is 1.15 bits per heavy atom. The summed E-state index contributed by atoms with van der Waals surface area (Å²) in [7, 11) is 0. The fourth-order valence-electron chi connectivity index (χ4n) is 2.72. The zero-order valence-electron chi connectivity index (χ0n) is 14.6. The number of ether oxygens (including phenoxy) is 1. The Hall–Kier alpha value is -3.03. The van der Waals surface area contributed by atoms with Gasteiger partial charge in [-0.1, -0.05) is 19.1 Å². The predicted octanol–water partition coefficient (Wildman–Crippen LogP) is 4.18. The lowest BCUT2D eigenvalue weighted by atomic mass is 10.3. The topological polar surface area (TPSA) is 56.2 Å². The zero-order chi connectivity index (χ0) is 19.4. The second kappa shape index (κ2) is 7.69. The Balaban J connectivity index is 1.66. The average Bonchev–Trinajstić information content (AvgIpc) is 2.98. The highest BCUT2D eigenvalue weighted by Gasteiger charge is 2.28. The van der Waals surface area contributed by atoms with E-state index in [0.717, 1.165) is 16.9 Å². The minimum atomic E-state index is -4.39. The number of amides is 1. The number of aryl methyl sites for hydroxylation is 1. The Kier molecular flexibility index (Phi) is 5.34. The van der Waals surface area contributed by atoms with Gasteiger partial charge in [-0.15, -0.1) is 0 Å². The maximum atomic E-state index is 12.4. The normalized spacial score (nSPS) is 11.6. The van der Waals surface area contributed by atoms with Crippen molar-refractivity contribution in [3.63, 3.8) is 0 Å². The van der Waals surface area contributed by atoms with Crippen molar-refractivity contribution in [2.75, 3.05) is 11.9 Å². The number of alkyl halides is 3. The maximum absolute atomic E-state index is 12.4. The molecule has 0 spiro atoms. The molecular formula is C19H18F3N3O2. The molecule has 8 heteroatoms. The number of imidazole rings is 1. The first-order valence-corrected chi connectivity index (χ1v) is 8.39. The summed E-state index contributed by atoms with van der Waals surface area (Å²) >= 11 is 0. The number of aromatic nitrogens is 2. The number of hydrogen-bond acceptors (Lipinski definition) is 3. The van der Waals surface area contributed by atoms with Crippen LogP contribution < -0.4 is 10.1 Å². The molecule has 0 fully saturated rings. The summed E-state index contributed by atoms with van der Waals surface area (Å²) in [4.78, 5) is 16.9. The van der Waals surface area contributed by atoms with E-state index >= 15 is 0 Å². The number of benzene rings is 2. The van der Waals surface area contributed by atoms with Crippen LogP contribution in [-0.2, 0) is 17.8 Å². The van der Waals surface area contributed by atoms with Crippen molar-refractivity contribution in [3.8, 4) is 5.75 Å². The van der Waals surface area contributed by atoms with Gasteiger partial charge in [0.2, 0.25) is 5.91 Å². The molecule has 0 saturated heterocycles. The van der Waals surface area contributed by atoms with Crippen LogP contribution in [0, 0.1) is 0 Å². The SMILES string of the molecule is CCc1nc2ccccc2n1CC(=O)Nc1ccc(OCC(F)(F)F)cc1. The number of carbonyl (C=O) groups excluding carboxylic acids is 1. The number of nitrogens with one attached hydrogen (secondary N) is 1. The third-order valence-corrected chi connectivity index (χ3v) is 3.89. The number of anilines is 1. The van der Waals surface area contributed by atoms with Gasteiger partial charge in [0.15, 0.2) is 6.61 Å². The molecular weight excluding hydrogens is 359 g/mol. The van der Waals surface area contributed by atoms with Crippen molar-refractivity contribution in [2.24, 2.45) is 0 Å². The molecule has 3 rings (SSSR count). The highest BCUT2D eigenvalue weighted by Crippen LogP contribution is 2.21. The van der Waals surface area contributed by atoms with E-state index in [4.69, 9.17) is 0 Å². The molecule has 1 amide bonds. The number of carbonyl (C=O) groups is 1. The Morgan fingerprint density at radius 3 is 2.52 bits per heavy atom. The van der Waals surface area contributed by atoms with E-state index in [1.165, 1.54) is 24.3 Å². The summed E-state index contributed by atoms with van der Waals surface area (Å²) in [6, 6.07) is 13.3. The molecule has 0 atom stereocenters. The van der Waals surface area contributed by atoms with Crippen molar-refractivity contribution in [1.82, 2.24) is 9.55 Å². The minimum Gasteiger partial charge on any atom is -0.484 e. The van der Waals surface area contributed by atoms with Gasteiger partial charge in [0.1, 0.15) is 18.1 Å². The van der Waals surface area contributed by atoms with E-state index < -0.39 is 12.8 Å². The van der Waals surface area contributed by atoms with Crippen molar-refractivity contribution >= 4 is 22.6 Å². The second-order valence-corrected chi connectivity index (χ2v) is 5.93. The van der Waals surface area contributed by atoms with Crippen molar-refractivity contribution in [2.45, 2.75) is 26.1 Å². The molecule has 5 nitrogen and oxygen atoms in total. The van der Waals surface area contributed by atoms with Gasteiger partial charge in [-0.3, -0.25) is 4.79 Å². The summed E-state index contributed by atoms with van der Waals surface area (Å²) in [5, 5.41) is 2.73. The summed E-state index contributed by atoms with van der Waals surface area (Å²) in [6.45, 7) is 0.706. The lowest BCUT2D eigenvalue weighted by Gasteiger charge is -2.11. The number of para-hydroxylation sites is 2. The predicted molar refractivity (Wildman–Crippen MR) is 95.7 cm³/mol. The van der Waals surface area contributed by atoms with Crippen molar-refractivity contribution in [1.29, 1.82) is 0 Å². The molecule has 0 aliphatic carbocycles. The molecule has 1 aromatic heterocycles. The standard InChI is InChI=1S/C19H18F3N3O2/c1-2-17-24-15-5-3-4-6-16(15)25(17)11-18(26)23-13-7-9-14(10-8-13)27-12-19(20,21)22/h3-10H,2,11-12H2,1H3,(H,23,26). The minimum absolute atomic E-state index is 0.0826. The summed E-state index contributed by atoms with van der Waals surface area (Å²) in [6.07, 6.45) is -3.70. The van der Waals surface area contributed by atoms with Crippen LogP contribution in [0.4, 0.5) is 18.9 Å². The van der Waals surface area contributed by atoms with Gasteiger partial charge in [-0.25, -0.2) is 4.98 Å². The molecule has 0 bridgehead atoms. The van der Waals surface area contributed by atoms with E-state index in [9.17, 15) is 18.0 Å². The molecule has 0 saturated carbocycles. The summed E-state index contributed by atoms with van der Waals surface area (Å²) in [5.41, 5.74) is 2.18. The van der Waals surface area contributed by atoms with Crippen molar-refractivity contribution < 1.29 is 22.7 Å². The Morgan fingerprint density at radius 2 is 1.85 bits per heavy atom. The molecule has 1 N–H and O–H groups in total. The van der Waals surface area contributed by atoms with Gasteiger partial charge < -0.3 is 14.6 Å². The lowest BCUT2D eigenvalue weighted by Crippen LogP contribution is -2.20. The van der Waals surface area contributed by atoms with E-state index in [0.29, 0.717) is 12.1 Å². The van der Waals surface area contributed by atoms with Crippen LogP contribution in [0.2, 0.25) is 0 Å². The largest absolute Gasteiger partial charge is 0.484 e. The van der Waals surface area contributed by atoms with E-state index in [1.807, 2.05) is 35.8 Å². The monoisotopic (exact) mass is 377 g/mol. The molecule has 3 aromatic rings. The molecule has 27 heavy (non-hydrogen) atoms. The van der Waals surface area contributed by atoms with E-state index in [2.05, 4.69) is 15.0 Å². The number of fused-ring (bicyclic) bond motifs is 1. The average molecular weight is 377 g/mol. The van der Waals surface area contributed by atoms with Crippen LogP contribution in [-0.4, -0.2) is 28.2 Å². The van der Waals surface area contributed by atoms with Gasteiger partial charge in [-0.05, 0) is 36.4 Å². The van der Waals surface area contributed by atoms with Gasteiger partial charge in [0.05, 0.1) is 11.0 Å². The first kappa shape index (κ1) is 18.8. The summed E-state index contributed by atoms with van der Waals surface area (Å²) in [5.74, 6) is 0.637. The number of rotatable bonds is 6.